The molecule has 0 bridgehead atoms. The van der Waals surface area contributed by atoms with E-state index < -0.39 is 0 Å². The van der Waals surface area contributed by atoms with Crippen molar-refractivity contribution in [1.29, 1.82) is 0 Å². The Kier molecular flexibility index (Phi) is 4.64. The van der Waals surface area contributed by atoms with E-state index >= 15 is 0 Å². The van der Waals surface area contributed by atoms with Gasteiger partial charge >= 0.3 is 0 Å². The molecule has 0 radical (unpaired) electrons. The summed E-state index contributed by atoms with van der Waals surface area (Å²) in [7, 11) is 1.54. The summed E-state index contributed by atoms with van der Waals surface area (Å²) < 4.78 is 10.4. The number of rotatable bonds is 5. The van der Waals surface area contributed by atoms with Crippen LogP contribution in [-0.4, -0.2) is 19.5 Å². The fraction of sp³-hybridized carbons (Fsp3) is 0.188. The van der Waals surface area contributed by atoms with Crippen molar-refractivity contribution in [3.8, 4) is 11.5 Å². The summed E-state index contributed by atoms with van der Waals surface area (Å²) in [5, 5.41) is 0.421. The van der Waals surface area contributed by atoms with Crippen LogP contribution >= 0.6 is 11.6 Å². The maximum absolute atomic E-state index is 12.3. The van der Waals surface area contributed by atoms with Crippen molar-refractivity contribution < 1.29 is 14.3 Å². The molecule has 2 rings (SSSR count). The first-order chi connectivity index (χ1) is 9.65. The van der Waals surface area contributed by atoms with Crippen LogP contribution in [0.4, 0.5) is 0 Å². The molecule has 104 valence electrons. The average molecular weight is 291 g/mol. The van der Waals surface area contributed by atoms with Gasteiger partial charge in [-0.05, 0) is 49.4 Å². The highest BCUT2D eigenvalue weighted by atomic mass is 35.5. The van der Waals surface area contributed by atoms with Crippen molar-refractivity contribution in [3.63, 3.8) is 0 Å². The van der Waals surface area contributed by atoms with Crippen LogP contribution in [0.15, 0.2) is 42.5 Å². The summed E-state index contributed by atoms with van der Waals surface area (Å²) in [6.45, 7) is 2.51. The minimum atomic E-state index is -0.0856. The Labute approximate surface area is 123 Å². The molecule has 0 spiro atoms. The van der Waals surface area contributed by atoms with Gasteiger partial charge in [0.15, 0.2) is 5.78 Å². The van der Waals surface area contributed by atoms with Crippen LogP contribution in [0.1, 0.15) is 22.8 Å². The van der Waals surface area contributed by atoms with Crippen LogP contribution in [0, 0.1) is 0 Å². The summed E-state index contributed by atoms with van der Waals surface area (Å²) in [6, 6.07) is 12.0. The smallest absolute Gasteiger partial charge is 0.193 e. The molecule has 0 aliphatic rings. The molecular weight excluding hydrogens is 276 g/mol. The number of hydrogen-bond acceptors (Lipinski definition) is 3. The molecule has 0 unspecified atom stereocenters. The van der Waals surface area contributed by atoms with Gasteiger partial charge in [-0.25, -0.2) is 0 Å². The molecule has 0 saturated heterocycles. The van der Waals surface area contributed by atoms with Gasteiger partial charge in [-0.15, -0.1) is 0 Å². The normalized spacial score (nSPS) is 10.2. The van der Waals surface area contributed by atoms with E-state index in [1.165, 1.54) is 7.11 Å². The molecule has 0 N–H and O–H groups in total. The van der Waals surface area contributed by atoms with Crippen LogP contribution in [-0.2, 0) is 0 Å². The Morgan fingerprint density at radius 1 is 1.10 bits per heavy atom. The van der Waals surface area contributed by atoms with Crippen LogP contribution in [0.2, 0.25) is 5.02 Å². The fourth-order valence-corrected chi connectivity index (χ4v) is 2.10. The van der Waals surface area contributed by atoms with E-state index in [0.717, 1.165) is 5.75 Å². The van der Waals surface area contributed by atoms with E-state index in [9.17, 15) is 4.79 Å². The van der Waals surface area contributed by atoms with Crippen LogP contribution < -0.4 is 9.47 Å². The topological polar surface area (TPSA) is 35.5 Å². The Morgan fingerprint density at radius 3 is 2.30 bits per heavy atom. The zero-order valence-corrected chi connectivity index (χ0v) is 12.1. The summed E-state index contributed by atoms with van der Waals surface area (Å²) in [5.74, 6) is 1.21. The Morgan fingerprint density at radius 2 is 1.75 bits per heavy atom. The van der Waals surface area contributed by atoms with Gasteiger partial charge in [0, 0.05) is 11.1 Å². The minimum Gasteiger partial charge on any atom is -0.495 e. The van der Waals surface area contributed by atoms with E-state index in [-0.39, 0.29) is 5.78 Å². The van der Waals surface area contributed by atoms with E-state index in [1.807, 2.05) is 6.92 Å². The molecular formula is C16H15ClO3. The zero-order chi connectivity index (χ0) is 14.5. The summed E-state index contributed by atoms with van der Waals surface area (Å²) >= 11 is 6.03. The Bertz CT molecular complexity index is 606. The third-order valence-corrected chi connectivity index (χ3v) is 3.14. The summed E-state index contributed by atoms with van der Waals surface area (Å²) in [5.41, 5.74) is 1.12. The molecule has 0 aliphatic heterocycles. The van der Waals surface area contributed by atoms with Crippen LogP contribution in [0.5, 0.6) is 11.5 Å². The predicted molar refractivity (Wildman–Crippen MR) is 79.0 cm³/mol. The van der Waals surface area contributed by atoms with Gasteiger partial charge in [-0.2, -0.15) is 0 Å². The van der Waals surface area contributed by atoms with E-state index in [4.69, 9.17) is 21.1 Å². The molecule has 0 fully saturated rings. The van der Waals surface area contributed by atoms with Gasteiger partial charge in [-0.3, -0.25) is 4.79 Å². The minimum absolute atomic E-state index is 0.0856. The zero-order valence-electron chi connectivity index (χ0n) is 11.4. The lowest BCUT2D eigenvalue weighted by Crippen LogP contribution is -2.02. The number of carbonyl (C=O) groups excluding carboxylic acids is 1. The monoisotopic (exact) mass is 290 g/mol. The van der Waals surface area contributed by atoms with Crippen molar-refractivity contribution in [1.82, 2.24) is 0 Å². The molecule has 0 atom stereocenters. The average Bonchev–Trinajstić information content (AvgIpc) is 2.47. The molecule has 0 saturated carbocycles. The third kappa shape index (κ3) is 3.11. The maximum Gasteiger partial charge on any atom is 0.193 e. The van der Waals surface area contributed by atoms with Gasteiger partial charge in [0.2, 0.25) is 0 Å². The van der Waals surface area contributed by atoms with Gasteiger partial charge in [0.25, 0.3) is 0 Å². The van der Waals surface area contributed by atoms with Crippen molar-refractivity contribution in [2.45, 2.75) is 6.92 Å². The van der Waals surface area contributed by atoms with Crippen molar-refractivity contribution in [2.75, 3.05) is 13.7 Å². The van der Waals surface area contributed by atoms with E-state index in [2.05, 4.69) is 0 Å². The Hall–Kier alpha value is -2.00. The molecule has 0 heterocycles. The summed E-state index contributed by atoms with van der Waals surface area (Å²) in [6.07, 6.45) is 0. The first-order valence-corrected chi connectivity index (χ1v) is 6.64. The number of benzene rings is 2. The van der Waals surface area contributed by atoms with Crippen molar-refractivity contribution in [2.24, 2.45) is 0 Å². The quantitative estimate of drug-likeness (QED) is 0.781. The molecule has 0 amide bonds. The number of ketones is 1. The highest BCUT2D eigenvalue weighted by Gasteiger charge is 2.11. The van der Waals surface area contributed by atoms with Crippen molar-refractivity contribution in [3.05, 3.63) is 58.6 Å². The van der Waals surface area contributed by atoms with Gasteiger partial charge < -0.3 is 9.47 Å². The molecule has 20 heavy (non-hydrogen) atoms. The highest BCUT2D eigenvalue weighted by Crippen LogP contribution is 2.26. The molecule has 0 aliphatic carbocycles. The van der Waals surface area contributed by atoms with E-state index in [1.54, 1.807) is 42.5 Å². The van der Waals surface area contributed by atoms with Crippen molar-refractivity contribution >= 4 is 17.4 Å². The number of methoxy groups -OCH3 is 1. The van der Waals surface area contributed by atoms with Gasteiger partial charge in [0.1, 0.15) is 11.5 Å². The molecule has 3 nitrogen and oxygen atoms in total. The molecule has 0 aromatic heterocycles. The van der Waals surface area contributed by atoms with Gasteiger partial charge in [-0.1, -0.05) is 11.6 Å². The second-order valence-electron chi connectivity index (χ2n) is 4.14. The first kappa shape index (κ1) is 14.4. The SMILES string of the molecule is CCOc1ccc(C(=O)c2ccc(OC)c(Cl)c2)cc1. The molecule has 4 heteroatoms. The number of ether oxygens (including phenoxy) is 2. The number of carbonyl (C=O) groups is 1. The lowest BCUT2D eigenvalue weighted by molar-refractivity contribution is 0.103. The van der Waals surface area contributed by atoms with E-state index in [0.29, 0.717) is 28.5 Å². The predicted octanol–water partition coefficient (Wildman–Crippen LogP) is 3.98. The Balaban J connectivity index is 2.24. The number of hydrogen-bond donors (Lipinski definition) is 0. The third-order valence-electron chi connectivity index (χ3n) is 2.84. The van der Waals surface area contributed by atoms with Gasteiger partial charge in [0.05, 0.1) is 18.7 Å². The second kappa shape index (κ2) is 6.44. The first-order valence-electron chi connectivity index (χ1n) is 6.26. The molecule has 2 aromatic carbocycles. The largest absolute Gasteiger partial charge is 0.495 e. The number of halogens is 1. The van der Waals surface area contributed by atoms with Crippen LogP contribution in [0.3, 0.4) is 0 Å². The standard InChI is InChI=1S/C16H15ClO3/c1-3-20-13-7-4-11(5-8-13)16(18)12-6-9-15(19-2)14(17)10-12/h4-10H,3H2,1-2H3. The summed E-state index contributed by atoms with van der Waals surface area (Å²) in [4.78, 5) is 12.3. The molecule has 2 aromatic rings. The fourth-order valence-electron chi connectivity index (χ4n) is 1.84. The lowest BCUT2D eigenvalue weighted by Gasteiger charge is -2.07. The van der Waals surface area contributed by atoms with Crippen LogP contribution in [0.25, 0.3) is 0 Å². The highest BCUT2D eigenvalue weighted by molar-refractivity contribution is 6.32. The second-order valence-corrected chi connectivity index (χ2v) is 4.54. The lowest BCUT2D eigenvalue weighted by atomic mass is 10.0. The maximum atomic E-state index is 12.3.